The number of nitrogens with zero attached hydrogens (tertiary/aromatic N) is 3. The van der Waals surface area contributed by atoms with Gasteiger partial charge in [-0.1, -0.05) is 48.5 Å². The Hall–Kier alpha value is -3.12. The fraction of sp³-hybridized carbons (Fsp3) is 0.304. The van der Waals surface area contributed by atoms with E-state index in [4.69, 9.17) is 4.74 Å². The molecule has 0 aliphatic heterocycles. The number of aromatic nitrogens is 2. The quantitative estimate of drug-likeness (QED) is 0.332. The fourth-order valence-electron chi connectivity index (χ4n) is 2.94. The SMILES string of the molecule is CN=C(NCCCOC(C)c1ccccc1)NCc1cnn(-c2ccccc2)c1. The zero-order valence-electron chi connectivity index (χ0n) is 17.1. The third kappa shape index (κ3) is 6.47. The minimum Gasteiger partial charge on any atom is -0.374 e. The molecule has 3 aromatic rings. The van der Waals surface area contributed by atoms with Gasteiger partial charge in [0.05, 0.1) is 18.0 Å². The molecule has 0 fully saturated rings. The maximum Gasteiger partial charge on any atom is 0.191 e. The maximum atomic E-state index is 5.91. The average Bonchev–Trinajstić information content (AvgIpc) is 3.26. The monoisotopic (exact) mass is 391 g/mol. The minimum atomic E-state index is 0.106. The van der Waals surface area contributed by atoms with E-state index in [2.05, 4.69) is 39.8 Å². The second-order valence-corrected chi connectivity index (χ2v) is 6.76. The summed E-state index contributed by atoms with van der Waals surface area (Å²) in [6, 6.07) is 20.4. The molecule has 2 aromatic carbocycles. The molecule has 3 rings (SSSR count). The predicted octanol–water partition coefficient (Wildman–Crippen LogP) is 3.71. The first-order valence-electron chi connectivity index (χ1n) is 9.96. The Labute approximate surface area is 172 Å². The molecule has 6 heteroatoms. The van der Waals surface area contributed by atoms with E-state index in [1.807, 2.05) is 65.6 Å². The van der Waals surface area contributed by atoms with Crippen molar-refractivity contribution in [2.75, 3.05) is 20.2 Å². The van der Waals surface area contributed by atoms with Crippen molar-refractivity contribution in [1.29, 1.82) is 0 Å². The summed E-state index contributed by atoms with van der Waals surface area (Å²) in [5.41, 5.74) is 3.34. The van der Waals surface area contributed by atoms with Gasteiger partial charge in [-0.15, -0.1) is 0 Å². The van der Waals surface area contributed by atoms with E-state index in [0.29, 0.717) is 13.2 Å². The predicted molar refractivity (Wildman–Crippen MR) is 117 cm³/mol. The van der Waals surface area contributed by atoms with Crippen LogP contribution in [0.4, 0.5) is 0 Å². The van der Waals surface area contributed by atoms with Gasteiger partial charge in [-0.3, -0.25) is 4.99 Å². The molecule has 0 saturated heterocycles. The first-order chi connectivity index (χ1) is 14.3. The Bertz CT molecular complexity index is 877. The van der Waals surface area contributed by atoms with E-state index >= 15 is 0 Å². The van der Waals surface area contributed by atoms with Crippen LogP contribution in [0.1, 0.15) is 30.6 Å². The highest BCUT2D eigenvalue weighted by Crippen LogP contribution is 2.15. The highest BCUT2D eigenvalue weighted by atomic mass is 16.5. The van der Waals surface area contributed by atoms with Gasteiger partial charge in [0.15, 0.2) is 5.96 Å². The van der Waals surface area contributed by atoms with Gasteiger partial charge in [-0.05, 0) is 31.0 Å². The summed E-state index contributed by atoms with van der Waals surface area (Å²) >= 11 is 0. The number of rotatable bonds is 9. The first kappa shape index (κ1) is 20.6. The number of nitrogens with one attached hydrogen (secondary N) is 2. The first-order valence-corrected chi connectivity index (χ1v) is 9.96. The van der Waals surface area contributed by atoms with Crippen molar-refractivity contribution in [3.63, 3.8) is 0 Å². The standard InChI is InChI=1S/C23H29N5O/c1-19(21-10-5-3-6-11-21)29-15-9-14-25-23(24-2)26-16-20-17-27-28(18-20)22-12-7-4-8-13-22/h3-8,10-13,17-19H,9,14-16H2,1-2H3,(H2,24,25,26). The van der Waals surface area contributed by atoms with Crippen LogP contribution in [0.2, 0.25) is 0 Å². The number of aliphatic imine (C=N–C) groups is 1. The van der Waals surface area contributed by atoms with Crippen LogP contribution in [0.25, 0.3) is 5.69 Å². The molecule has 0 radical (unpaired) electrons. The summed E-state index contributed by atoms with van der Waals surface area (Å²) in [7, 11) is 1.77. The van der Waals surface area contributed by atoms with E-state index < -0.39 is 0 Å². The highest BCUT2D eigenvalue weighted by molar-refractivity contribution is 5.79. The number of para-hydroxylation sites is 1. The molecule has 152 valence electrons. The lowest BCUT2D eigenvalue weighted by molar-refractivity contribution is 0.0646. The van der Waals surface area contributed by atoms with Gasteiger partial charge in [0.2, 0.25) is 0 Å². The van der Waals surface area contributed by atoms with Crippen molar-refractivity contribution in [2.45, 2.75) is 26.0 Å². The van der Waals surface area contributed by atoms with Crippen LogP contribution in [-0.2, 0) is 11.3 Å². The van der Waals surface area contributed by atoms with Gasteiger partial charge >= 0.3 is 0 Å². The van der Waals surface area contributed by atoms with Crippen molar-refractivity contribution in [2.24, 2.45) is 4.99 Å². The zero-order valence-corrected chi connectivity index (χ0v) is 17.1. The maximum absolute atomic E-state index is 5.91. The number of ether oxygens (including phenoxy) is 1. The van der Waals surface area contributed by atoms with Crippen LogP contribution < -0.4 is 10.6 Å². The smallest absolute Gasteiger partial charge is 0.191 e. The molecule has 1 heterocycles. The summed E-state index contributed by atoms with van der Waals surface area (Å²) in [6.07, 6.45) is 4.90. The van der Waals surface area contributed by atoms with Gasteiger partial charge in [0.25, 0.3) is 0 Å². The fourth-order valence-corrected chi connectivity index (χ4v) is 2.94. The van der Waals surface area contributed by atoms with Gasteiger partial charge in [0.1, 0.15) is 0 Å². The number of guanidine groups is 1. The van der Waals surface area contributed by atoms with Crippen LogP contribution in [0.15, 0.2) is 78.0 Å². The summed E-state index contributed by atoms with van der Waals surface area (Å²) < 4.78 is 7.78. The summed E-state index contributed by atoms with van der Waals surface area (Å²) in [4.78, 5) is 4.27. The van der Waals surface area contributed by atoms with Crippen molar-refractivity contribution < 1.29 is 4.74 Å². The molecule has 1 atom stereocenters. The summed E-state index contributed by atoms with van der Waals surface area (Å²) in [5, 5.41) is 11.1. The van der Waals surface area contributed by atoms with E-state index in [-0.39, 0.29) is 6.10 Å². The molecule has 1 aromatic heterocycles. The van der Waals surface area contributed by atoms with E-state index in [1.54, 1.807) is 7.05 Å². The largest absolute Gasteiger partial charge is 0.374 e. The Morgan fingerprint density at radius 3 is 2.52 bits per heavy atom. The number of hydrogen-bond acceptors (Lipinski definition) is 3. The molecule has 0 bridgehead atoms. The molecule has 0 spiro atoms. The van der Waals surface area contributed by atoms with E-state index in [0.717, 1.165) is 30.2 Å². The summed E-state index contributed by atoms with van der Waals surface area (Å²) in [5.74, 6) is 0.772. The van der Waals surface area contributed by atoms with E-state index in [9.17, 15) is 0 Å². The lowest BCUT2D eigenvalue weighted by Gasteiger charge is -2.14. The van der Waals surface area contributed by atoms with Crippen LogP contribution >= 0.6 is 0 Å². The molecular formula is C23H29N5O. The third-order valence-corrected chi connectivity index (χ3v) is 4.59. The molecule has 0 aliphatic carbocycles. The van der Waals surface area contributed by atoms with Crippen LogP contribution in [-0.4, -0.2) is 35.9 Å². The lowest BCUT2D eigenvalue weighted by atomic mass is 10.1. The van der Waals surface area contributed by atoms with E-state index in [1.165, 1.54) is 5.56 Å². The van der Waals surface area contributed by atoms with Gasteiger partial charge in [0, 0.05) is 38.5 Å². The topological polar surface area (TPSA) is 63.5 Å². The molecular weight excluding hydrogens is 362 g/mol. The molecule has 29 heavy (non-hydrogen) atoms. The average molecular weight is 392 g/mol. The second kappa shape index (κ2) is 11.0. The molecule has 0 saturated carbocycles. The van der Waals surface area contributed by atoms with Crippen LogP contribution in [0, 0.1) is 0 Å². The van der Waals surface area contributed by atoms with Crippen molar-refractivity contribution in [3.05, 3.63) is 84.2 Å². The summed E-state index contributed by atoms with van der Waals surface area (Å²) in [6.45, 7) is 4.24. The van der Waals surface area contributed by atoms with Gasteiger partial charge < -0.3 is 15.4 Å². The third-order valence-electron chi connectivity index (χ3n) is 4.59. The van der Waals surface area contributed by atoms with Crippen LogP contribution in [0.3, 0.4) is 0 Å². The number of hydrogen-bond donors (Lipinski definition) is 2. The van der Waals surface area contributed by atoms with Gasteiger partial charge in [-0.2, -0.15) is 5.10 Å². The van der Waals surface area contributed by atoms with Crippen LogP contribution in [0.5, 0.6) is 0 Å². The molecule has 0 amide bonds. The van der Waals surface area contributed by atoms with Crippen molar-refractivity contribution in [3.8, 4) is 5.69 Å². The highest BCUT2D eigenvalue weighted by Gasteiger charge is 2.05. The lowest BCUT2D eigenvalue weighted by Crippen LogP contribution is -2.37. The molecule has 2 N–H and O–H groups in total. The van der Waals surface area contributed by atoms with Gasteiger partial charge in [-0.25, -0.2) is 4.68 Å². The Balaban J connectivity index is 1.35. The molecule has 6 nitrogen and oxygen atoms in total. The Morgan fingerprint density at radius 1 is 1.07 bits per heavy atom. The zero-order chi connectivity index (χ0) is 20.3. The van der Waals surface area contributed by atoms with Crippen molar-refractivity contribution in [1.82, 2.24) is 20.4 Å². The van der Waals surface area contributed by atoms with Crippen molar-refractivity contribution >= 4 is 5.96 Å². The number of benzene rings is 2. The minimum absolute atomic E-state index is 0.106. The normalized spacial score (nSPS) is 12.6. The Kier molecular flexibility index (Phi) is 7.83. The molecule has 0 aliphatic rings. The molecule has 1 unspecified atom stereocenters. The second-order valence-electron chi connectivity index (χ2n) is 6.76. The Morgan fingerprint density at radius 2 is 1.79 bits per heavy atom.